The van der Waals surface area contributed by atoms with Crippen LogP contribution in [-0.4, -0.2) is 21.3 Å². The number of carbonyl (C=O) groups excluding carboxylic acids is 1. The second-order valence-electron chi connectivity index (χ2n) is 7.65. The van der Waals surface area contributed by atoms with E-state index in [-0.39, 0.29) is 31.1 Å². The van der Waals surface area contributed by atoms with Gasteiger partial charge >= 0.3 is 0 Å². The standard InChI is InChI=1S/C26H23ClN2O4S2/c1-3-16-6-4-5-7-21(16)29-26-25(35(31,32)20-14-12-19(33-2)13-15-20)22(28)24(34-26)23(30)17-8-10-18(27)11-9-17/h4-15,29H,3,28H2,1-2H3. The van der Waals surface area contributed by atoms with E-state index < -0.39 is 9.84 Å². The summed E-state index contributed by atoms with van der Waals surface area (Å²) >= 11 is 6.97. The maximum Gasteiger partial charge on any atom is 0.211 e. The topological polar surface area (TPSA) is 98.5 Å². The molecule has 9 heteroatoms. The lowest BCUT2D eigenvalue weighted by Gasteiger charge is -2.12. The van der Waals surface area contributed by atoms with Gasteiger partial charge in [0, 0.05) is 16.3 Å². The van der Waals surface area contributed by atoms with Crippen LogP contribution in [0.1, 0.15) is 27.7 Å². The Balaban J connectivity index is 1.88. The van der Waals surface area contributed by atoms with Gasteiger partial charge in [-0.25, -0.2) is 8.42 Å². The van der Waals surface area contributed by atoms with E-state index in [9.17, 15) is 13.2 Å². The number of sulfone groups is 1. The molecule has 0 aliphatic carbocycles. The van der Waals surface area contributed by atoms with Crippen molar-refractivity contribution in [1.82, 2.24) is 0 Å². The minimum Gasteiger partial charge on any atom is -0.497 e. The third kappa shape index (κ3) is 4.91. The van der Waals surface area contributed by atoms with Gasteiger partial charge in [-0.05, 0) is 66.6 Å². The number of rotatable bonds is 8. The molecule has 180 valence electrons. The fourth-order valence-corrected chi connectivity index (χ4v) is 6.68. The van der Waals surface area contributed by atoms with Gasteiger partial charge < -0.3 is 15.8 Å². The molecule has 35 heavy (non-hydrogen) atoms. The van der Waals surface area contributed by atoms with Crippen LogP contribution in [0.3, 0.4) is 0 Å². The Morgan fingerprint density at radius 3 is 2.31 bits per heavy atom. The number of ketones is 1. The van der Waals surface area contributed by atoms with Crippen molar-refractivity contribution in [2.75, 3.05) is 18.2 Å². The number of benzene rings is 3. The Morgan fingerprint density at radius 1 is 1.03 bits per heavy atom. The maximum atomic E-state index is 13.8. The van der Waals surface area contributed by atoms with Crippen LogP contribution in [-0.2, 0) is 16.3 Å². The summed E-state index contributed by atoms with van der Waals surface area (Å²) in [5.41, 5.74) is 8.40. The SMILES string of the molecule is CCc1ccccc1Nc1sc(C(=O)c2ccc(Cl)cc2)c(N)c1S(=O)(=O)c1ccc(OC)cc1. The predicted octanol–water partition coefficient (Wildman–Crippen LogP) is 6.36. The molecule has 0 saturated carbocycles. The summed E-state index contributed by atoms with van der Waals surface area (Å²) in [5.74, 6) is 0.142. The van der Waals surface area contributed by atoms with Crippen LogP contribution in [0.4, 0.5) is 16.4 Å². The molecule has 0 saturated heterocycles. The fourth-order valence-electron chi connectivity index (χ4n) is 3.62. The third-order valence-electron chi connectivity index (χ3n) is 5.50. The van der Waals surface area contributed by atoms with Crippen molar-refractivity contribution < 1.29 is 17.9 Å². The number of nitrogens with one attached hydrogen (secondary N) is 1. The number of methoxy groups -OCH3 is 1. The van der Waals surface area contributed by atoms with E-state index >= 15 is 0 Å². The molecular formula is C26H23ClN2O4S2. The first kappa shape index (κ1) is 24.8. The molecule has 0 unspecified atom stereocenters. The molecule has 4 rings (SSSR count). The number of anilines is 3. The van der Waals surface area contributed by atoms with Crippen molar-refractivity contribution >= 4 is 54.9 Å². The second kappa shape index (κ2) is 10.1. The summed E-state index contributed by atoms with van der Waals surface area (Å²) in [6.07, 6.45) is 0.737. The minimum absolute atomic E-state index is 0.0418. The summed E-state index contributed by atoms with van der Waals surface area (Å²) in [4.78, 5) is 13.4. The molecule has 0 bridgehead atoms. The van der Waals surface area contributed by atoms with Crippen LogP contribution < -0.4 is 15.8 Å². The summed E-state index contributed by atoms with van der Waals surface area (Å²) < 4.78 is 32.7. The maximum absolute atomic E-state index is 13.8. The molecular weight excluding hydrogens is 504 g/mol. The van der Waals surface area contributed by atoms with E-state index in [2.05, 4.69) is 5.32 Å². The van der Waals surface area contributed by atoms with E-state index in [1.807, 2.05) is 31.2 Å². The van der Waals surface area contributed by atoms with Crippen LogP contribution in [0.5, 0.6) is 5.75 Å². The van der Waals surface area contributed by atoms with Crippen molar-refractivity contribution in [2.45, 2.75) is 23.1 Å². The lowest BCUT2D eigenvalue weighted by molar-refractivity contribution is 0.104. The normalized spacial score (nSPS) is 11.3. The Kier molecular flexibility index (Phi) is 7.16. The zero-order valence-electron chi connectivity index (χ0n) is 19.0. The first-order valence-electron chi connectivity index (χ1n) is 10.7. The van der Waals surface area contributed by atoms with Crippen molar-refractivity contribution in [3.05, 3.63) is 93.8 Å². The van der Waals surface area contributed by atoms with Gasteiger partial charge in [-0.15, -0.1) is 11.3 Å². The first-order valence-corrected chi connectivity index (χ1v) is 13.4. The van der Waals surface area contributed by atoms with Gasteiger partial charge in [0.05, 0.1) is 17.7 Å². The largest absolute Gasteiger partial charge is 0.497 e. The molecule has 0 aliphatic heterocycles. The number of nitrogens with two attached hydrogens (primary N) is 1. The van der Waals surface area contributed by atoms with Crippen molar-refractivity contribution in [2.24, 2.45) is 0 Å². The highest BCUT2D eigenvalue weighted by Crippen LogP contribution is 2.44. The fraction of sp³-hybridized carbons (Fsp3) is 0.115. The van der Waals surface area contributed by atoms with Crippen LogP contribution in [0.2, 0.25) is 5.02 Å². The zero-order chi connectivity index (χ0) is 25.2. The molecule has 0 radical (unpaired) electrons. The lowest BCUT2D eigenvalue weighted by atomic mass is 10.1. The van der Waals surface area contributed by atoms with Gasteiger partial charge in [0.25, 0.3) is 0 Å². The van der Waals surface area contributed by atoms with Crippen LogP contribution in [0.25, 0.3) is 0 Å². The molecule has 3 N–H and O–H groups in total. The number of hydrogen-bond acceptors (Lipinski definition) is 7. The first-order chi connectivity index (χ1) is 16.8. The third-order valence-corrected chi connectivity index (χ3v) is 8.85. The molecule has 0 fully saturated rings. The number of aryl methyl sites for hydroxylation is 1. The number of nitrogen functional groups attached to an aromatic ring is 1. The zero-order valence-corrected chi connectivity index (χ0v) is 21.4. The van der Waals surface area contributed by atoms with Crippen LogP contribution >= 0.6 is 22.9 Å². The number of hydrogen-bond donors (Lipinski definition) is 2. The molecule has 3 aromatic carbocycles. The summed E-state index contributed by atoms with van der Waals surface area (Å²) in [7, 11) is -2.57. The van der Waals surface area contributed by atoms with Gasteiger partial charge in [-0.3, -0.25) is 4.79 Å². The quantitative estimate of drug-likeness (QED) is 0.259. The smallest absolute Gasteiger partial charge is 0.211 e. The monoisotopic (exact) mass is 526 g/mol. The number of ether oxygens (including phenoxy) is 1. The van der Waals surface area contributed by atoms with Crippen molar-refractivity contribution in [3.8, 4) is 5.75 Å². The summed E-state index contributed by atoms with van der Waals surface area (Å²) in [6, 6.07) is 20.0. The Labute approximate surface area is 213 Å². The Hall–Kier alpha value is -3.33. The van der Waals surface area contributed by atoms with Crippen LogP contribution in [0.15, 0.2) is 82.6 Å². The number of halogens is 1. The van der Waals surface area contributed by atoms with Crippen molar-refractivity contribution in [1.29, 1.82) is 0 Å². The number of para-hydroxylation sites is 1. The molecule has 0 aliphatic rings. The van der Waals surface area contributed by atoms with Crippen molar-refractivity contribution in [3.63, 3.8) is 0 Å². The van der Waals surface area contributed by atoms with Gasteiger partial charge in [-0.2, -0.15) is 0 Å². The van der Waals surface area contributed by atoms with Gasteiger partial charge in [-0.1, -0.05) is 36.7 Å². The van der Waals surface area contributed by atoms with E-state index in [0.717, 1.165) is 29.0 Å². The minimum atomic E-state index is -4.07. The highest BCUT2D eigenvalue weighted by Gasteiger charge is 2.32. The molecule has 4 aromatic rings. The molecule has 0 spiro atoms. The molecule has 6 nitrogen and oxygen atoms in total. The Bertz CT molecular complexity index is 1480. The van der Waals surface area contributed by atoms with Gasteiger partial charge in [0.15, 0.2) is 0 Å². The van der Waals surface area contributed by atoms with E-state index in [4.69, 9.17) is 22.1 Å². The molecule has 0 atom stereocenters. The second-order valence-corrected chi connectivity index (χ2v) is 11.0. The average Bonchev–Trinajstić information content (AvgIpc) is 3.20. The number of carbonyl (C=O) groups is 1. The molecule has 0 amide bonds. The summed E-state index contributed by atoms with van der Waals surface area (Å²) in [6.45, 7) is 2.01. The Morgan fingerprint density at radius 2 is 1.69 bits per heavy atom. The highest BCUT2D eigenvalue weighted by molar-refractivity contribution is 7.92. The molecule has 1 heterocycles. The highest BCUT2D eigenvalue weighted by atomic mass is 35.5. The predicted molar refractivity (Wildman–Crippen MR) is 141 cm³/mol. The van der Waals surface area contributed by atoms with E-state index in [1.54, 1.807) is 36.4 Å². The summed E-state index contributed by atoms with van der Waals surface area (Å²) in [5, 5.41) is 3.99. The van der Waals surface area contributed by atoms with E-state index in [1.165, 1.54) is 19.2 Å². The molecule has 1 aromatic heterocycles. The van der Waals surface area contributed by atoms with E-state index in [0.29, 0.717) is 16.3 Å². The van der Waals surface area contributed by atoms with Crippen LogP contribution in [0, 0.1) is 0 Å². The average molecular weight is 527 g/mol. The lowest BCUT2D eigenvalue weighted by Crippen LogP contribution is -2.08. The van der Waals surface area contributed by atoms with Gasteiger partial charge in [0.1, 0.15) is 20.5 Å². The number of thiophene rings is 1. The van der Waals surface area contributed by atoms with Gasteiger partial charge in [0.2, 0.25) is 15.6 Å².